The van der Waals surface area contributed by atoms with Crippen LogP contribution in [0.4, 0.5) is 4.79 Å². The van der Waals surface area contributed by atoms with E-state index in [0.717, 1.165) is 0 Å². The van der Waals surface area contributed by atoms with Gasteiger partial charge in [-0.15, -0.1) is 0 Å². The second-order valence-corrected chi connectivity index (χ2v) is 2.50. The van der Waals surface area contributed by atoms with Crippen molar-refractivity contribution in [2.45, 2.75) is 6.10 Å². The van der Waals surface area contributed by atoms with Crippen molar-refractivity contribution in [2.75, 3.05) is 0 Å². The molecule has 1 aromatic carbocycles. The van der Waals surface area contributed by atoms with Crippen LogP contribution in [0.15, 0.2) is 30.3 Å². The number of esters is 1. The summed E-state index contributed by atoms with van der Waals surface area (Å²) >= 11 is 0. The van der Waals surface area contributed by atoms with Crippen LogP contribution in [0.1, 0.15) is 11.7 Å². The first-order chi connectivity index (χ1) is 6.61. The van der Waals surface area contributed by atoms with Crippen LogP contribution in [-0.2, 0) is 9.53 Å². The summed E-state index contributed by atoms with van der Waals surface area (Å²) in [4.78, 5) is 20.9. The van der Waals surface area contributed by atoms with Crippen molar-refractivity contribution in [3.63, 3.8) is 0 Å². The number of rotatable bonds is 2. The SMILES string of the molecule is O=C(O)OC(=O)[C@H](O)c1ccccc1. The van der Waals surface area contributed by atoms with Crippen LogP contribution in [0, 0.1) is 0 Å². The molecule has 74 valence electrons. The summed E-state index contributed by atoms with van der Waals surface area (Å²) in [6.45, 7) is 0. The maximum atomic E-state index is 10.9. The lowest BCUT2D eigenvalue weighted by molar-refractivity contribution is -0.148. The predicted molar refractivity (Wildman–Crippen MR) is 45.5 cm³/mol. The minimum absolute atomic E-state index is 0.291. The molecule has 0 aromatic heterocycles. The molecule has 0 saturated heterocycles. The van der Waals surface area contributed by atoms with Crippen molar-refractivity contribution in [3.8, 4) is 0 Å². The van der Waals surface area contributed by atoms with Crippen LogP contribution >= 0.6 is 0 Å². The Hall–Kier alpha value is -1.88. The Morgan fingerprint density at radius 2 is 1.79 bits per heavy atom. The van der Waals surface area contributed by atoms with E-state index in [1.165, 1.54) is 12.1 Å². The molecule has 14 heavy (non-hydrogen) atoms. The van der Waals surface area contributed by atoms with Crippen molar-refractivity contribution in [1.82, 2.24) is 0 Å². The smallest absolute Gasteiger partial charge is 0.449 e. The highest BCUT2D eigenvalue weighted by Crippen LogP contribution is 2.13. The van der Waals surface area contributed by atoms with E-state index < -0.39 is 18.2 Å². The fourth-order valence-corrected chi connectivity index (χ4v) is 0.913. The van der Waals surface area contributed by atoms with Crippen LogP contribution < -0.4 is 0 Å². The predicted octanol–water partition coefficient (Wildman–Crippen LogP) is 0.941. The molecule has 0 bridgehead atoms. The number of hydrogen-bond acceptors (Lipinski definition) is 4. The van der Waals surface area contributed by atoms with Gasteiger partial charge < -0.3 is 14.9 Å². The largest absolute Gasteiger partial charge is 0.513 e. The van der Waals surface area contributed by atoms with Gasteiger partial charge in [0, 0.05) is 0 Å². The monoisotopic (exact) mass is 196 g/mol. The third-order valence-electron chi connectivity index (χ3n) is 1.53. The molecule has 2 N–H and O–H groups in total. The van der Waals surface area contributed by atoms with Crippen molar-refractivity contribution in [1.29, 1.82) is 0 Å². The lowest BCUT2D eigenvalue weighted by Crippen LogP contribution is -2.18. The third-order valence-corrected chi connectivity index (χ3v) is 1.53. The molecular weight excluding hydrogens is 188 g/mol. The van der Waals surface area contributed by atoms with E-state index in [9.17, 15) is 14.7 Å². The molecule has 1 aromatic rings. The zero-order chi connectivity index (χ0) is 10.6. The van der Waals surface area contributed by atoms with Gasteiger partial charge in [0.25, 0.3) is 0 Å². The molecule has 0 fully saturated rings. The zero-order valence-corrected chi connectivity index (χ0v) is 7.08. The van der Waals surface area contributed by atoms with Gasteiger partial charge in [0.1, 0.15) is 0 Å². The van der Waals surface area contributed by atoms with E-state index >= 15 is 0 Å². The second-order valence-electron chi connectivity index (χ2n) is 2.50. The Morgan fingerprint density at radius 3 is 2.29 bits per heavy atom. The van der Waals surface area contributed by atoms with E-state index in [-0.39, 0.29) is 0 Å². The average Bonchev–Trinajstić information content (AvgIpc) is 2.17. The number of aliphatic hydroxyl groups is 1. The van der Waals surface area contributed by atoms with Crippen LogP contribution in [0.3, 0.4) is 0 Å². The summed E-state index contributed by atoms with van der Waals surface area (Å²) in [6, 6.07) is 7.93. The van der Waals surface area contributed by atoms with E-state index in [0.29, 0.717) is 5.56 Å². The number of carbonyl (C=O) groups is 2. The standard InChI is InChI=1S/C9H8O5/c10-7(8(11)14-9(12)13)6-4-2-1-3-5-6/h1-5,7,10H,(H,12,13)/t7-/m1/s1. The maximum Gasteiger partial charge on any atom is 0.513 e. The van der Waals surface area contributed by atoms with E-state index in [4.69, 9.17) is 5.11 Å². The maximum absolute atomic E-state index is 10.9. The molecule has 0 unspecified atom stereocenters. The number of benzene rings is 1. The van der Waals surface area contributed by atoms with Gasteiger partial charge in [-0.3, -0.25) is 0 Å². The molecule has 0 aliphatic heterocycles. The number of carboxylic acid groups (broad SMARTS) is 1. The fraction of sp³-hybridized carbons (Fsp3) is 0.111. The van der Waals surface area contributed by atoms with Crippen molar-refractivity contribution < 1.29 is 24.5 Å². The molecule has 0 aliphatic rings. The van der Waals surface area contributed by atoms with Gasteiger partial charge in [-0.25, -0.2) is 9.59 Å². The lowest BCUT2D eigenvalue weighted by Gasteiger charge is -2.07. The second kappa shape index (κ2) is 4.38. The fourth-order valence-electron chi connectivity index (χ4n) is 0.913. The van der Waals surface area contributed by atoms with Crippen LogP contribution in [0.2, 0.25) is 0 Å². The molecule has 0 aliphatic carbocycles. The van der Waals surface area contributed by atoms with Crippen LogP contribution in [0.5, 0.6) is 0 Å². The highest BCUT2D eigenvalue weighted by molar-refractivity contribution is 5.84. The molecule has 0 amide bonds. The van der Waals surface area contributed by atoms with Crippen molar-refractivity contribution in [2.24, 2.45) is 0 Å². The molecule has 0 spiro atoms. The van der Waals surface area contributed by atoms with E-state index in [1.807, 2.05) is 0 Å². The number of ether oxygens (including phenoxy) is 1. The topological polar surface area (TPSA) is 83.8 Å². The Balaban J connectivity index is 2.71. The van der Waals surface area contributed by atoms with Crippen LogP contribution in [-0.4, -0.2) is 22.3 Å². The number of aliphatic hydroxyl groups excluding tert-OH is 1. The Bertz CT molecular complexity index is 332. The number of carbonyl (C=O) groups excluding carboxylic acids is 1. The summed E-state index contributed by atoms with van der Waals surface area (Å²) in [5, 5.41) is 17.4. The third kappa shape index (κ3) is 2.56. The highest BCUT2D eigenvalue weighted by Gasteiger charge is 2.21. The molecule has 1 rings (SSSR count). The van der Waals surface area contributed by atoms with Gasteiger partial charge in [-0.05, 0) is 5.56 Å². The molecule has 0 radical (unpaired) electrons. The minimum atomic E-state index is -1.73. The first kappa shape index (κ1) is 10.2. The minimum Gasteiger partial charge on any atom is -0.449 e. The lowest BCUT2D eigenvalue weighted by atomic mass is 10.1. The quantitative estimate of drug-likeness (QED) is 0.543. The first-order valence-electron chi connectivity index (χ1n) is 3.79. The molecule has 5 nitrogen and oxygen atoms in total. The van der Waals surface area contributed by atoms with Gasteiger partial charge >= 0.3 is 12.1 Å². The summed E-state index contributed by atoms with van der Waals surface area (Å²) in [5.74, 6) is -1.20. The van der Waals surface area contributed by atoms with Gasteiger partial charge in [-0.1, -0.05) is 30.3 Å². The molecule has 0 saturated carbocycles. The molecule has 5 heteroatoms. The molecule has 1 atom stereocenters. The Kier molecular flexibility index (Phi) is 3.19. The normalized spacial score (nSPS) is 11.8. The summed E-state index contributed by atoms with van der Waals surface area (Å²) in [6.07, 6.45) is -3.29. The summed E-state index contributed by atoms with van der Waals surface area (Å²) in [5.41, 5.74) is 0.291. The van der Waals surface area contributed by atoms with Crippen molar-refractivity contribution in [3.05, 3.63) is 35.9 Å². The van der Waals surface area contributed by atoms with Crippen LogP contribution in [0.25, 0.3) is 0 Å². The van der Waals surface area contributed by atoms with Gasteiger partial charge in [0.15, 0.2) is 6.10 Å². The molecular formula is C9H8O5. The average molecular weight is 196 g/mol. The van der Waals surface area contributed by atoms with E-state index in [2.05, 4.69) is 4.74 Å². The van der Waals surface area contributed by atoms with Gasteiger partial charge in [0.2, 0.25) is 0 Å². The Labute approximate surface area is 79.6 Å². The van der Waals surface area contributed by atoms with Crippen molar-refractivity contribution >= 4 is 12.1 Å². The van der Waals surface area contributed by atoms with E-state index in [1.54, 1.807) is 18.2 Å². The summed E-state index contributed by atoms with van der Waals surface area (Å²) < 4.78 is 3.79. The Morgan fingerprint density at radius 1 is 1.21 bits per heavy atom. The molecule has 0 heterocycles. The van der Waals surface area contributed by atoms with Gasteiger partial charge in [0.05, 0.1) is 0 Å². The highest BCUT2D eigenvalue weighted by atomic mass is 16.7. The van der Waals surface area contributed by atoms with Gasteiger partial charge in [-0.2, -0.15) is 0 Å². The first-order valence-corrected chi connectivity index (χ1v) is 3.79. The summed E-state index contributed by atoms with van der Waals surface area (Å²) in [7, 11) is 0. The zero-order valence-electron chi connectivity index (χ0n) is 7.08. The number of hydrogen-bond donors (Lipinski definition) is 2.